The summed E-state index contributed by atoms with van der Waals surface area (Å²) in [4.78, 5) is 4.05. The van der Waals surface area contributed by atoms with Crippen molar-refractivity contribution >= 4 is 11.3 Å². The zero-order valence-corrected chi connectivity index (χ0v) is 14.1. The highest BCUT2D eigenvalue weighted by atomic mass is 32.1. The Hall–Kier alpha value is -0.420. The fourth-order valence-corrected chi connectivity index (χ4v) is 3.99. The first kappa shape index (κ1) is 16.0. The second-order valence-corrected chi connectivity index (χ2v) is 6.85. The number of hydrogen-bond donors (Lipinski definition) is 1. The second-order valence-electron chi connectivity index (χ2n) is 5.73. The van der Waals surface area contributed by atoms with Crippen LogP contribution in [0, 0.1) is 6.92 Å². The van der Waals surface area contributed by atoms with Crippen LogP contribution >= 0.6 is 11.3 Å². The highest BCUT2D eigenvalue weighted by molar-refractivity contribution is 7.10. The molecule has 4 heteroatoms. The molecule has 0 spiro atoms. The highest BCUT2D eigenvalue weighted by Gasteiger charge is 2.40. The van der Waals surface area contributed by atoms with E-state index in [4.69, 9.17) is 4.74 Å². The lowest BCUT2D eigenvalue weighted by atomic mass is 9.82. The molecule has 2 heterocycles. The van der Waals surface area contributed by atoms with Crippen molar-refractivity contribution in [1.29, 1.82) is 0 Å². The summed E-state index contributed by atoms with van der Waals surface area (Å²) in [6.45, 7) is 13.9. The van der Waals surface area contributed by atoms with Gasteiger partial charge < -0.3 is 10.1 Å². The van der Waals surface area contributed by atoms with Crippen LogP contribution in [0.1, 0.15) is 43.7 Å². The number of nitrogens with one attached hydrogen (secondary N) is 1. The van der Waals surface area contributed by atoms with Gasteiger partial charge in [-0.05, 0) is 43.8 Å². The van der Waals surface area contributed by atoms with Crippen LogP contribution in [0.4, 0.5) is 0 Å². The van der Waals surface area contributed by atoms with E-state index in [0.717, 1.165) is 39.3 Å². The van der Waals surface area contributed by atoms with Crippen molar-refractivity contribution in [2.75, 3.05) is 32.8 Å². The van der Waals surface area contributed by atoms with E-state index < -0.39 is 0 Å². The van der Waals surface area contributed by atoms with E-state index in [9.17, 15) is 0 Å². The van der Waals surface area contributed by atoms with Crippen molar-refractivity contribution < 1.29 is 4.74 Å². The van der Waals surface area contributed by atoms with Gasteiger partial charge in [0, 0.05) is 23.5 Å². The Morgan fingerprint density at radius 3 is 2.60 bits per heavy atom. The van der Waals surface area contributed by atoms with Gasteiger partial charge in [-0.2, -0.15) is 0 Å². The summed E-state index contributed by atoms with van der Waals surface area (Å²) in [6, 6.07) is 2.68. The SMILES string of the molecule is CCNC(c1ccsc1C)C(C)(CC)N1CCOCC1. The van der Waals surface area contributed by atoms with E-state index in [2.05, 4.69) is 49.4 Å². The third kappa shape index (κ3) is 3.08. The van der Waals surface area contributed by atoms with Crippen LogP contribution < -0.4 is 5.32 Å². The first-order valence-corrected chi connectivity index (χ1v) is 8.61. The number of morpholine rings is 1. The molecule has 20 heavy (non-hydrogen) atoms. The van der Waals surface area contributed by atoms with Gasteiger partial charge in [0.1, 0.15) is 0 Å². The summed E-state index contributed by atoms with van der Waals surface area (Å²) in [5.41, 5.74) is 1.61. The second kappa shape index (κ2) is 7.03. The van der Waals surface area contributed by atoms with Gasteiger partial charge in [0.05, 0.1) is 19.3 Å². The van der Waals surface area contributed by atoms with Gasteiger partial charge >= 0.3 is 0 Å². The maximum atomic E-state index is 5.53. The fraction of sp³-hybridized carbons (Fsp3) is 0.750. The topological polar surface area (TPSA) is 24.5 Å². The van der Waals surface area contributed by atoms with E-state index in [1.54, 1.807) is 0 Å². The van der Waals surface area contributed by atoms with Crippen LogP contribution in [0.3, 0.4) is 0 Å². The first-order valence-electron chi connectivity index (χ1n) is 7.73. The molecule has 1 fully saturated rings. The zero-order chi connectivity index (χ0) is 14.6. The Balaban J connectivity index is 2.30. The number of ether oxygens (including phenoxy) is 1. The average molecular weight is 296 g/mol. The summed E-state index contributed by atoms with van der Waals surface area (Å²) in [6.07, 6.45) is 1.14. The van der Waals surface area contributed by atoms with Crippen molar-refractivity contribution in [3.05, 3.63) is 21.9 Å². The van der Waals surface area contributed by atoms with Crippen LogP contribution in [-0.4, -0.2) is 43.3 Å². The molecule has 0 radical (unpaired) electrons. The monoisotopic (exact) mass is 296 g/mol. The minimum Gasteiger partial charge on any atom is -0.379 e. The van der Waals surface area contributed by atoms with Crippen molar-refractivity contribution in [3.8, 4) is 0 Å². The van der Waals surface area contributed by atoms with Crippen LogP contribution in [0.2, 0.25) is 0 Å². The normalized spacial score (nSPS) is 21.6. The Morgan fingerprint density at radius 1 is 1.40 bits per heavy atom. The fourth-order valence-electron chi connectivity index (χ4n) is 3.25. The molecule has 1 saturated heterocycles. The minimum absolute atomic E-state index is 0.144. The van der Waals surface area contributed by atoms with Gasteiger partial charge in [-0.15, -0.1) is 11.3 Å². The third-order valence-electron chi connectivity index (χ3n) is 4.69. The molecule has 1 aromatic heterocycles. The average Bonchev–Trinajstić information content (AvgIpc) is 2.91. The lowest BCUT2D eigenvalue weighted by Gasteiger charge is -2.48. The maximum absolute atomic E-state index is 5.53. The summed E-state index contributed by atoms with van der Waals surface area (Å²) < 4.78 is 5.53. The van der Waals surface area contributed by atoms with Crippen LogP contribution in [0.15, 0.2) is 11.4 Å². The molecule has 1 aliphatic heterocycles. The molecule has 0 amide bonds. The number of thiophene rings is 1. The number of nitrogens with zero attached hydrogens (tertiary/aromatic N) is 1. The van der Waals surface area contributed by atoms with Crippen LogP contribution in [-0.2, 0) is 4.74 Å². The molecule has 1 aliphatic rings. The van der Waals surface area contributed by atoms with E-state index in [-0.39, 0.29) is 5.54 Å². The molecule has 2 rings (SSSR count). The Kier molecular flexibility index (Phi) is 5.61. The zero-order valence-electron chi connectivity index (χ0n) is 13.2. The molecule has 2 unspecified atom stereocenters. The lowest BCUT2D eigenvalue weighted by Crippen LogP contribution is -2.57. The molecule has 2 atom stereocenters. The van der Waals surface area contributed by atoms with Gasteiger partial charge in [0.15, 0.2) is 0 Å². The van der Waals surface area contributed by atoms with Crippen molar-refractivity contribution in [1.82, 2.24) is 10.2 Å². The molecule has 0 aliphatic carbocycles. The smallest absolute Gasteiger partial charge is 0.0594 e. The Morgan fingerprint density at radius 2 is 2.10 bits per heavy atom. The van der Waals surface area contributed by atoms with Gasteiger partial charge in [-0.25, -0.2) is 0 Å². The molecule has 114 valence electrons. The molecular formula is C16H28N2OS. The highest BCUT2D eigenvalue weighted by Crippen LogP contribution is 2.37. The van der Waals surface area contributed by atoms with Crippen LogP contribution in [0.5, 0.6) is 0 Å². The van der Waals surface area contributed by atoms with Crippen LogP contribution in [0.25, 0.3) is 0 Å². The number of rotatable bonds is 6. The summed E-state index contributed by atoms with van der Waals surface area (Å²) in [5.74, 6) is 0. The van der Waals surface area contributed by atoms with E-state index in [1.165, 1.54) is 10.4 Å². The van der Waals surface area contributed by atoms with E-state index in [1.807, 2.05) is 11.3 Å². The predicted molar refractivity (Wildman–Crippen MR) is 86.6 cm³/mol. The Labute approximate surface area is 127 Å². The molecular weight excluding hydrogens is 268 g/mol. The number of hydrogen-bond acceptors (Lipinski definition) is 4. The maximum Gasteiger partial charge on any atom is 0.0594 e. The quantitative estimate of drug-likeness (QED) is 0.872. The standard InChI is InChI=1S/C16H28N2OS/c1-5-16(4,18-8-10-19-11-9-18)15(17-6-2)14-7-12-20-13(14)3/h7,12,15,17H,5-6,8-11H2,1-4H3. The van der Waals surface area contributed by atoms with Crippen molar-refractivity contribution in [2.24, 2.45) is 0 Å². The van der Waals surface area contributed by atoms with E-state index in [0.29, 0.717) is 6.04 Å². The summed E-state index contributed by atoms with van der Waals surface area (Å²) >= 11 is 1.85. The molecule has 1 N–H and O–H groups in total. The third-order valence-corrected chi connectivity index (χ3v) is 5.55. The first-order chi connectivity index (χ1) is 9.63. The van der Waals surface area contributed by atoms with Gasteiger partial charge in [-0.3, -0.25) is 4.90 Å². The predicted octanol–water partition coefficient (Wildman–Crippen LogP) is 3.21. The van der Waals surface area contributed by atoms with Gasteiger partial charge in [-0.1, -0.05) is 13.8 Å². The lowest BCUT2D eigenvalue weighted by molar-refractivity contribution is -0.0327. The molecule has 0 bridgehead atoms. The number of aryl methyl sites for hydroxylation is 1. The largest absolute Gasteiger partial charge is 0.379 e. The Bertz CT molecular complexity index is 414. The summed E-state index contributed by atoms with van der Waals surface area (Å²) in [7, 11) is 0. The van der Waals surface area contributed by atoms with E-state index >= 15 is 0 Å². The molecule has 0 aromatic carbocycles. The minimum atomic E-state index is 0.144. The van der Waals surface area contributed by atoms with Gasteiger partial charge in [0.2, 0.25) is 0 Å². The van der Waals surface area contributed by atoms with Gasteiger partial charge in [0.25, 0.3) is 0 Å². The molecule has 0 saturated carbocycles. The van der Waals surface area contributed by atoms with Crippen molar-refractivity contribution in [2.45, 2.75) is 45.7 Å². The number of likely N-dealkylation sites (N-methyl/N-ethyl adjacent to an activating group) is 1. The molecule has 3 nitrogen and oxygen atoms in total. The van der Waals surface area contributed by atoms with Crippen molar-refractivity contribution in [3.63, 3.8) is 0 Å². The molecule has 1 aromatic rings. The summed E-state index contributed by atoms with van der Waals surface area (Å²) in [5, 5.41) is 5.95.